The predicted molar refractivity (Wildman–Crippen MR) is 147 cm³/mol. The zero-order valence-corrected chi connectivity index (χ0v) is 22.6. The van der Waals surface area contributed by atoms with Gasteiger partial charge < -0.3 is 19.6 Å². The number of ether oxygens (including phenoxy) is 1. The van der Waals surface area contributed by atoms with Crippen molar-refractivity contribution in [3.8, 4) is 0 Å². The maximum atomic E-state index is 14.4. The van der Waals surface area contributed by atoms with Gasteiger partial charge in [-0.25, -0.2) is 0 Å². The third kappa shape index (κ3) is 5.08. The summed E-state index contributed by atoms with van der Waals surface area (Å²) in [5, 5.41) is 9.73. The highest BCUT2D eigenvalue weighted by molar-refractivity contribution is 8.02. The molecule has 2 amide bonds. The molecule has 3 saturated heterocycles. The number of carbonyl (C=O) groups is 3. The van der Waals surface area contributed by atoms with E-state index in [0.717, 1.165) is 12.8 Å². The normalized spacial score (nSPS) is 27.7. The monoisotopic (exact) mass is 546 g/mol. The van der Waals surface area contributed by atoms with Crippen LogP contribution in [0.4, 0.5) is 5.69 Å². The zero-order valence-electron chi connectivity index (χ0n) is 21.0. The van der Waals surface area contributed by atoms with Crippen molar-refractivity contribution < 1.29 is 24.2 Å². The van der Waals surface area contributed by atoms with Crippen molar-refractivity contribution in [1.82, 2.24) is 4.90 Å². The summed E-state index contributed by atoms with van der Waals surface area (Å²) in [6, 6.07) is 6.40. The average Bonchev–Trinajstić information content (AvgIpc) is 3.53. The third-order valence-electron chi connectivity index (χ3n) is 7.63. The minimum atomic E-state index is -0.742. The molecule has 3 aliphatic rings. The number of thioether (sulfide) groups is 1. The van der Waals surface area contributed by atoms with Gasteiger partial charge in [-0.1, -0.05) is 35.9 Å². The lowest BCUT2D eigenvalue weighted by Gasteiger charge is -2.37. The molecular formula is C28H35ClN2O5S. The molecule has 3 aliphatic heterocycles. The minimum absolute atomic E-state index is 0.00785. The maximum absolute atomic E-state index is 14.4. The number of anilines is 1. The molecule has 1 spiro atoms. The van der Waals surface area contributed by atoms with Gasteiger partial charge in [0.25, 0.3) is 5.91 Å². The van der Waals surface area contributed by atoms with E-state index in [0.29, 0.717) is 42.9 Å². The average molecular weight is 547 g/mol. The second-order valence-electron chi connectivity index (χ2n) is 9.81. The van der Waals surface area contributed by atoms with Gasteiger partial charge in [-0.15, -0.1) is 24.9 Å². The number of unbranched alkanes of at least 4 members (excludes halogenated alkanes) is 2. The highest BCUT2D eigenvalue weighted by Crippen LogP contribution is 2.66. The van der Waals surface area contributed by atoms with Gasteiger partial charge in [0.1, 0.15) is 6.04 Å². The Morgan fingerprint density at radius 2 is 2.03 bits per heavy atom. The lowest BCUT2D eigenvalue weighted by Crippen LogP contribution is -2.55. The van der Waals surface area contributed by atoms with Gasteiger partial charge in [0.05, 0.1) is 33.9 Å². The van der Waals surface area contributed by atoms with E-state index in [9.17, 15) is 19.5 Å². The zero-order chi connectivity index (χ0) is 26.6. The Morgan fingerprint density at radius 1 is 1.24 bits per heavy atom. The van der Waals surface area contributed by atoms with Crippen LogP contribution in [0.2, 0.25) is 5.02 Å². The number of fused-ring (bicyclic) bond motifs is 1. The number of hydrogen-bond donors (Lipinski definition) is 1. The number of aliphatic hydroxyl groups excluding tert-OH is 1. The standard InChI is InChI=1S/C28H35ClN2O5S/c1-3-5-10-18-36-27(35)22-21-13-14-28(37-21)23(22)25(33)31(16-8-9-17-32)24(28)26(34)30(15-4-2)20-12-7-6-11-19(20)29/h3-4,6-7,11-12,21-24,32H,1-2,5,8-10,13-18H2/t21-,22+,23+,24?,28?/m1/s1. The molecule has 7 nitrogen and oxygen atoms in total. The molecule has 3 heterocycles. The van der Waals surface area contributed by atoms with Crippen molar-refractivity contribution in [2.24, 2.45) is 11.8 Å². The summed E-state index contributed by atoms with van der Waals surface area (Å²) in [5.41, 5.74) is 0.562. The summed E-state index contributed by atoms with van der Waals surface area (Å²) in [7, 11) is 0. The van der Waals surface area contributed by atoms with E-state index < -0.39 is 22.6 Å². The van der Waals surface area contributed by atoms with Crippen LogP contribution in [-0.2, 0) is 19.1 Å². The Morgan fingerprint density at radius 3 is 2.73 bits per heavy atom. The van der Waals surface area contributed by atoms with Crippen molar-refractivity contribution in [2.75, 3.05) is 31.2 Å². The molecule has 0 aliphatic carbocycles. The van der Waals surface area contributed by atoms with Crippen LogP contribution >= 0.6 is 23.4 Å². The molecule has 3 fully saturated rings. The number of carbonyl (C=O) groups excluding carboxylic acids is 3. The molecule has 0 radical (unpaired) electrons. The number of halogens is 1. The molecule has 4 rings (SSSR count). The summed E-state index contributed by atoms with van der Waals surface area (Å²) in [4.78, 5) is 44.8. The first kappa shape index (κ1) is 27.7. The number of likely N-dealkylation sites (tertiary alicyclic amines) is 1. The Balaban J connectivity index is 1.69. The van der Waals surface area contributed by atoms with E-state index in [1.807, 2.05) is 6.07 Å². The fourth-order valence-corrected chi connectivity index (χ4v) is 8.52. The minimum Gasteiger partial charge on any atom is -0.465 e. The lowest BCUT2D eigenvalue weighted by molar-refractivity contribution is -0.154. The molecule has 0 aromatic heterocycles. The molecule has 200 valence electrons. The van der Waals surface area contributed by atoms with Crippen LogP contribution in [0.15, 0.2) is 49.6 Å². The first-order valence-corrected chi connectivity index (χ1v) is 14.2. The van der Waals surface area contributed by atoms with E-state index in [2.05, 4.69) is 13.2 Å². The Labute approximate surface area is 227 Å². The number of rotatable bonds is 13. The van der Waals surface area contributed by atoms with Crippen LogP contribution in [0.1, 0.15) is 38.5 Å². The van der Waals surface area contributed by atoms with Gasteiger partial charge in [-0.2, -0.15) is 0 Å². The second-order valence-corrected chi connectivity index (χ2v) is 11.8. The molecule has 9 heteroatoms. The Bertz CT molecular complexity index is 1050. The van der Waals surface area contributed by atoms with Crippen LogP contribution in [-0.4, -0.2) is 70.1 Å². The first-order chi connectivity index (χ1) is 17.9. The van der Waals surface area contributed by atoms with Gasteiger partial charge >= 0.3 is 5.97 Å². The molecular weight excluding hydrogens is 512 g/mol. The number of benzene rings is 1. The number of allylic oxidation sites excluding steroid dienone is 1. The molecule has 37 heavy (non-hydrogen) atoms. The SMILES string of the molecule is C=CCCCOC(=O)[C@@H]1[C@H]2C(=O)N(CCCCO)C(C(=O)N(CC=C)c3ccccc3Cl)C23CC[C@H]1S3. The fraction of sp³-hybridized carbons (Fsp3) is 0.536. The molecule has 2 unspecified atom stereocenters. The Kier molecular flexibility index (Phi) is 9.03. The van der Waals surface area contributed by atoms with Gasteiger partial charge in [0, 0.05) is 24.9 Å². The van der Waals surface area contributed by atoms with Crippen molar-refractivity contribution in [3.05, 3.63) is 54.6 Å². The van der Waals surface area contributed by atoms with E-state index in [4.69, 9.17) is 16.3 Å². The number of aliphatic hydroxyl groups is 1. The fourth-order valence-electron chi connectivity index (χ4n) is 6.09. The first-order valence-electron chi connectivity index (χ1n) is 12.9. The summed E-state index contributed by atoms with van der Waals surface area (Å²) in [5.74, 6) is -1.92. The summed E-state index contributed by atoms with van der Waals surface area (Å²) in [6.45, 7) is 8.40. The van der Waals surface area contributed by atoms with Crippen molar-refractivity contribution in [3.63, 3.8) is 0 Å². The van der Waals surface area contributed by atoms with E-state index in [1.54, 1.807) is 51.9 Å². The molecule has 1 aromatic carbocycles. The third-order valence-corrected chi connectivity index (χ3v) is 9.90. The quantitative estimate of drug-likeness (QED) is 0.226. The smallest absolute Gasteiger partial charge is 0.310 e. The summed E-state index contributed by atoms with van der Waals surface area (Å²) < 4.78 is 4.90. The number of hydrogen-bond acceptors (Lipinski definition) is 6. The molecule has 2 bridgehead atoms. The van der Waals surface area contributed by atoms with Crippen molar-refractivity contribution >= 4 is 46.8 Å². The maximum Gasteiger partial charge on any atom is 0.310 e. The van der Waals surface area contributed by atoms with Crippen LogP contribution in [0.3, 0.4) is 0 Å². The van der Waals surface area contributed by atoms with Gasteiger partial charge in [0.15, 0.2) is 0 Å². The van der Waals surface area contributed by atoms with E-state index >= 15 is 0 Å². The van der Waals surface area contributed by atoms with Crippen LogP contribution in [0.5, 0.6) is 0 Å². The number of para-hydroxylation sites is 1. The predicted octanol–water partition coefficient (Wildman–Crippen LogP) is 4.23. The van der Waals surface area contributed by atoms with E-state index in [1.165, 1.54) is 0 Å². The highest BCUT2D eigenvalue weighted by atomic mass is 35.5. The molecule has 0 saturated carbocycles. The molecule has 5 atom stereocenters. The largest absolute Gasteiger partial charge is 0.465 e. The van der Waals surface area contributed by atoms with Crippen LogP contribution < -0.4 is 4.90 Å². The highest BCUT2D eigenvalue weighted by Gasteiger charge is 2.74. The van der Waals surface area contributed by atoms with Gasteiger partial charge in [-0.05, 0) is 50.7 Å². The van der Waals surface area contributed by atoms with Gasteiger partial charge in [-0.3, -0.25) is 14.4 Å². The van der Waals surface area contributed by atoms with Crippen molar-refractivity contribution in [2.45, 2.75) is 54.6 Å². The summed E-state index contributed by atoms with van der Waals surface area (Å²) in [6.07, 6.45) is 7.38. The number of amides is 2. The van der Waals surface area contributed by atoms with E-state index in [-0.39, 0.29) is 42.8 Å². The van der Waals surface area contributed by atoms with Crippen molar-refractivity contribution in [1.29, 1.82) is 0 Å². The van der Waals surface area contributed by atoms with Gasteiger partial charge in [0.2, 0.25) is 5.91 Å². The second kappa shape index (κ2) is 12.0. The summed E-state index contributed by atoms with van der Waals surface area (Å²) >= 11 is 8.10. The number of nitrogens with zero attached hydrogens (tertiary/aromatic N) is 2. The molecule has 1 N–H and O–H groups in total. The topological polar surface area (TPSA) is 87.1 Å². The van der Waals surface area contributed by atoms with Crippen LogP contribution in [0.25, 0.3) is 0 Å². The Hall–Kier alpha value is -2.29. The van der Waals surface area contributed by atoms with Crippen LogP contribution in [0, 0.1) is 11.8 Å². The number of esters is 1. The molecule has 1 aromatic rings. The lowest BCUT2D eigenvalue weighted by atomic mass is 9.71.